The predicted molar refractivity (Wildman–Crippen MR) is 51.0 cm³/mol. The van der Waals surface area contributed by atoms with Gasteiger partial charge in [0.05, 0.1) is 6.61 Å². The minimum absolute atomic E-state index is 0.387. The van der Waals surface area contributed by atoms with Gasteiger partial charge in [0.2, 0.25) is 0 Å². The highest BCUT2D eigenvalue weighted by Gasteiger charge is 2.21. The van der Waals surface area contributed by atoms with E-state index in [1.54, 1.807) is 0 Å². The van der Waals surface area contributed by atoms with E-state index in [1.807, 2.05) is 0 Å². The molecule has 12 heavy (non-hydrogen) atoms. The van der Waals surface area contributed by atoms with Gasteiger partial charge in [0, 0.05) is 12.6 Å². The molecule has 1 fully saturated rings. The van der Waals surface area contributed by atoms with Gasteiger partial charge in [-0.1, -0.05) is 20.3 Å². The number of ether oxygens (including phenoxy) is 1. The third kappa shape index (κ3) is 3.11. The highest BCUT2D eigenvalue weighted by atomic mass is 16.5. The van der Waals surface area contributed by atoms with Crippen LogP contribution in [0, 0.1) is 11.8 Å². The average Bonchev–Trinajstić information content (AvgIpc) is 2.03. The Kier molecular flexibility index (Phi) is 4.02. The van der Waals surface area contributed by atoms with Crippen molar-refractivity contribution in [3.8, 4) is 0 Å². The fraction of sp³-hybridized carbons (Fsp3) is 1.00. The molecule has 0 aromatic rings. The second-order valence-corrected chi connectivity index (χ2v) is 4.26. The minimum Gasteiger partial charge on any atom is -0.381 e. The van der Waals surface area contributed by atoms with Gasteiger partial charge in [-0.3, -0.25) is 0 Å². The smallest absolute Gasteiger partial charge is 0.0509 e. The largest absolute Gasteiger partial charge is 0.381 e. The number of rotatable bonds is 3. The van der Waals surface area contributed by atoms with Crippen LogP contribution >= 0.6 is 0 Å². The standard InChI is InChI=1S/C10H21NO/c1-8(2)3-4-9-7-12-6-5-10(9)11/h8-10H,3-7,11H2,1-2H3. The van der Waals surface area contributed by atoms with Gasteiger partial charge in [0.1, 0.15) is 0 Å². The summed E-state index contributed by atoms with van der Waals surface area (Å²) in [6, 6.07) is 0.387. The fourth-order valence-corrected chi connectivity index (χ4v) is 1.66. The molecule has 1 saturated heterocycles. The summed E-state index contributed by atoms with van der Waals surface area (Å²) < 4.78 is 5.40. The zero-order valence-electron chi connectivity index (χ0n) is 8.25. The molecule has 0 spiro atoms. The van der Waals surface area contributed by atoms with Crippen molar-refractivity contribution in [3.05, 3.63) is 0 Å². The number of nitrogens with two attached hydrogens (primary N) is 1. The van der Waals surface area contributed by atoms with E-state index < -0.39 is 0 Å². The normalized spacial score (nSPS) is 31.0. The van der Waals surface area contributed by atoms with Gasteiger partial charge in [0.15, 0.2) is 0 Å². The quantitative estimate of drug-likeness (QED) is 0.702. The summed E-state index contributed by atoms with van der Waals surface area (Å²) >= 11 is 0. The van der Waals surface area contributed by atoms with Crippen LogP contribution in [0.25, 0.3) is 0 Å². The lowest BCUT2D eigenvalue weighted by Gasteiger charge is -2.29. The Hall–Kier alpha value is -0.0800. The molecule has 0 amide bonds. The van der Waals surface area contributed by atoms with Crippen molar-refractivity contribution in [1.29, 1.82) is 0 Å². The van der Waals surface area contributed by atoms with Gasteiger partial charge in [-0.15, -0.1) is 0 Å². The van der Waals surface area contributed by atoms with Gasteiger partial charge < -0.3 is 10.5 Å². The summed E-state index contributed by atoms with van der Waals surface area (Å²) in [5, 5.41) is 0. The van der Waals surface area contributed by atoms with Crippen LogP contribution in [0.5, 0.6) is 0 Å². The first kappa shape index (κ1) is 10.0. The molecule has 72 valence electrons. The zero-order chi connectivity index (χ0) is 8.97. The SMILES string of the molecule is CC(C)CCC1COCCC1N. The first-order valence-corrected chi connectivity index (χ1v) is 5.03. The lowest BCUT2D eigenvalue weighted by molar-refractivity contribution is 0.0368. The Balaban J connectivity index is 2.20. The molecule has 0 saturated carbocycles. The highest BCUT2D eigenvalue weighted by molar-refractivity contribution is 4.76. The van der Waals surface area contributed by atoms with Crippen LogP contribution < -0.4 is 5.73 Å². The first-order chi connectivity index (χ1) is 5.70. The molecular formula is C10H21NO. The van der Waals surface area contributed by atoms with Crippen molar-refractivity contribution in [3.63, 3.8) is 0 Å². The van der Waals surface area contributed by atoms with E-state index in [2.05, 4.69) is 13.8 Å². The molecule has 2 nitrogen and oxygen atoms in total. The Labute approximate surface area is 75.5 Å². The van der Waals surface area contributed by atoms with E-state index in [0.717, 1.165) is 25.6 Å². The van der Waals surface area contributed by atoms with Crippen molar-refractivity contribution in [2.24, 2.45) is 17.6 Å². The summed E-state index contributed by atoms with van der Waals surface area (Å²) in [6.45, 7) is 6.26. The Bertz CT molecular complexity index is 125. The van der Waals surface area contributed by atoms with E-state index in [-0.39, 0.29) is 0 Å². The topological polar surface area (TPSA) is 35.2 Å². The van der Waals surface area contributed by atoms with Crippen molar-refractivity contribution in [2.75, 3.05) is 13.2 Å². The maximum atomic E-state index is 5.99. The molecule has 0 aliphatic carbocycles. The van der Waals surface area contributed by atoms with Gasteiger partial charge >= 0.3 is 0 Å². The molecule has 2 atom stereocenters. The molecule has 2 heteroatoms. The van der Waals surface area contributed by atoms with Crippen molar-refractivity contribution < 1.29 is 4.74 Å². The Morgan fingerprint density at radius 1 is 1.50 bits per heavy atom. The minimum atomic E-state index is 0.387. The molecule has 1 heterocycles. The van der Waals surface area contributed by atoms with E-state index in [1.165, 1.54) is 12.8 Å². The second kappa shape index (κ2) is 4.83. The molecule has 2 unspecified atom stereocenters. The van der Waals surface area contributed by atoms with Crippen molar-refractivity contribution in [1.82, 2.24) is 0 Å². The molecule has 2 N–H and O–H groups in total. The Morgan fingerprint density at radius 3 is 2.83 bits per heavy atom. The van der Waals surface area contributed by atoms with Crippen LogP contribution in [0.3, 0.4) is 0 Å². The van der Waals surface area contributed by atoms with E-state index in [0.29, 0.717) is 12.0 Å². The van der Waals surface area contributed by atoms with Crippen LogP contribution in [0.2, 0.25) is 0 Å². The third-order valence-corrected chi connectivity index (χ3v) is 2.65. The molecule has 0 radical (unpaired) electrons. The van der Waals surface area contributed by atoms with Crippen LogP contribution in [-0.2, 0) is 4.74 Å². The molecule has 0 bridgehead atoms. The van der Waals surface area contributed by atoms with E-state index in [4.69, 9.17) is 10.5 Å². The average molecular weight is 171 g/mol. The lowest BCUT2D eigenvalue weighted by Crippen LogP contribution is -2.38. The van der Waals surface area contributed by atoms with Gasteiger partial charge in [-0.2, -0.15) is 0 Å². The molecule has 1 aliphatic rings. The van der Waals surface area contributed by atoms with E-state index in [9.17, 15) is 0 Å². The van der Waals surface area contributed by atoms with Crippen molar-refractivity contribution >= 4 is 0 Å². The van der Waals surface area contributed by atoms with Gasteiger partial charge in [-0.05, 0) is 24.7 Å². The maximum absolute atomic E-state index is 5.99. The lowest BCUT2D eigenvalue weighted by atomic mass is 9.90. The highest BCUT2D eigenvalue weighted by Crippen LogP contribution is 2.20. The zero-order valence-corrected chi connectivity index (χ0v) is 8.25. The summed E-state index contributed by atoms with van der Waals surface area (Å²) in [4.78, 5) is 0. The fourth-order valence-electron chi connectivity index (χ4n) is 1.66. The van der Waals surface area contributed by atoms with Crippen LogP contribution in [0.4, 0.5) is 0 Å². The number of hydrogen-bond donors (Lipinski definition) is 1. The summed E-state index contributed by atoms with van der Waals surface area (Å²) in [5.41, 5.74) is 5.99. The van der Waals surface area contributed by atoms with Crippen LogP contribution in [-0.4, -0.2) is 19.3 Å². The van der Waals surface area contributed by atoms with Gasteiger partial charge in [-0.25, -0.2) is 0 Å². The molecule has 0 aromatic heterocycles. The Morgan fingerprint density at radius 2 is 2.25 bits per heavy atom. The van der Waals surface area contributed by atoms with Crippen LogP contribution in [0.15, 0.2) is 0 Å². The maximum Gasteiger partial charge on any atom is 0.0509 e. The van der Waals surface area contributed by atoms with Crippen molar-refractivity contribution in [2.45, 2.75) is 39.2 Å². The second-order valence-electron chi connectivity index (χ2n) is 4.26. The van der Waals surface area contributed by atoms with E-state index >= 15 is 0 Å². The van der Waals surface area contributed by atoms with Gasteiger partial charge in [0.25, 0.3) is 0 Å². The molecule has 1 rings (SSSR count). The first-order valence-electron chi connectivity index (χ1n) is 5.03. The summed E-state index contributed by atoms with van der Waals surface area (Å²) in [6.07, 6.45) is 3.56. The monoisotopic (exact) mass is 171 g/mol. The third-order valence-electron chi connectivity index (χ3n) is 2.65. The summed E-state index contributed by atoms with van der Waals surface area (Å²) in [7, 11) is 0. The summed E-state index contributed by atoms with van der Waals surface area (Å²) in [5.74, 6) is 1.40. The molecule has 1 aliphatic heterocycles. The molecule has 0 aromatic carbocycles. The molecular weight excluding hydrogens is 150 g/mol. The van der Waals surface area contributed by atoms with Crippen LogP contribution in [0.1, 0.15) is 33.1 Å². The number of hydrogen-bond acceptors (Lipinski definition) is 2. The predicted octanol–water partition coefficient (Wildman–Crippen LogP) is 1.79.